The number of ether oxygens (including phenoxy) is 2. The Morgan fingerprint density at radius 1 is 1.19 bits per heavy atom. The van der Waals surface area contributed by atoms with Crippen molar-refractivity contribution in [2.75, 3.05) is 37.8 Å². The van der Waals surface area contributed by atoms with E-state index in [1.807, 2.05) is 5.01 Å². The molecule has 4 atom stereocenters. The summed E-state index contributed by atoms with van der Waals surface area (Å²) in [6.07, 6.45) is 10.4. The van der Waals surface area contributed by atoms with Crippen molar-refractivity contribution in [2.24, 2.45) is 5.92 Å². The first kappa shape index (κ1) is 37.1. The van der Waals surface area contributed by atoms with Crippen molar-refractivity contribution < 1.29 is 37.3 Å². The fourth-order valence-electron chi connectivity index (χ4n) is 7.92. The van der Waals surface area contributed by atoms with Gasteiger partial charge >= 0.3 is 18.1 Å². The quantitative estimate of drug-likeness (QED) is 0.161. The number of hydrogen-bond acceptors (Lipinski definition) is 10. The molecular weight excluding hydrogens is 703 g/mol. The number of carboxylic acid groups (broad SMARTS) is 1. The summed E-state index contributed by atoms with van der Waals surface area (Å²) in [7, 11) is 0. The van der Waals surface area contributed by atoms with Gasteiger partial charge in [-0.05, 0) is 61.7 Å². The Bertz CT molecular complexity index is 2140. The largest absolute Gasteiger partial charge is 0.480 e. The minimum atomic E-state index is -1.23. The van der Waals surface area contributed by atoms with Crippen LogP contribution in [0.5, 0.6) is 11.8 Å². The fraction of sp³-hybridized carbons (Fsp3) is 0.462. The third-order valence-corrected chi connectivity index (χ3v) is 10.9. The third kappa shape index (κ3) is 7.07. The predicted molar refractivity (Wildman–Crippen MR) is 196 cm³/mol. The van der Waals surface area contributed by atoms with Gasteiger partial charge in [-0.25, -0.2) is 28.2 Å². The molecule has 4 aromatic rings. The van der Waals surface area contributed by atoms with E-state index in [0.29, 0.717) is 43.7 Å². The molecule has 0 unspecified atom stereocenters. The van der Waals surface area contributed by atoms with Gasteiger partial charge in [-0.3, -0.25) is 14.9 Å². The number of nitrogens with one attached hydrogen (secondary N) is 2. The van der Waals surface area contributed by atoms with E-state index in [-0.39, 0.29) is 51.5 Å². The van der Waals surface area contributed by atoms with Gasteiger partial charge in [0.15, 0.2) is 11.6 Å². The van der Waals surface area contributed by atoms with E-state index in [1.165, 1.54) is 24.4 Å². The smallest absolute Gasteiger partial charge is 0.413 e. The van der Waals surface area contributed by atoms with Crippen molar-refractivity contribution in [3.63, 3.8) is 0 Å². The summed E-state index contributed by atoms with van der Waals surface area (Å²) in [5, 5.41) is 14.6. The van der Waals surface area contributed by atoms with E-state index in [1.54, 1.807) is 13.8 Å². The maximum absolute atomic E-state index is 17.2. The fourth-order valence-corrected chi connectivity index (χ4v) is 7.92. The third-order valence-electron chi connectivity index (χ3n) is 10.9. The van der Waals surface area contributed by atoms with Crippen molar-refractivity contribution in [2.45, 2.75) is 76.5 Å². The molecule has 0 bridgehead atoms. The number of alkyl halides is 1. The van der Waals surface area contributed by atoms with Gasteiger partial charge in [0.2, 0.25) is 0 Å². The van der Waals surface area contributed by atoms with Crippen LogP contribution in [0.4, 0.5) is 23.8 Å². The van der Waals surface area contributed by atoms with Gasteiger partial charge in [0.05, 0.1) is 16.5 Å². The van der Waals surface area contributed by atoms with Gasteiger partial charge in [0.25, 0.3) is 0 Å². The summed E-state index contributed by atoms with van der Waals surface area (Å²) in [5.41, 5.74) is 2.30. The van der Waals surface area contributed by atoms with Crippen LogP contribution < -0.4 is 25.2 Å². The number of carbonyl (C=O) groups is 2. The number of nitrogens with zero attached hydrogens (tertiary/aromatic N) is 5. The molecule has 2 aromatic heterocycles. The summed E-state index contributed by atoms with van der Waals surface area (Å²) in [4.78, 5) is 40.7. The van der Waals surface area contributed by atoms with E-state index < -0.39 is 47.4 Å². The number of halogens is 3. The number of carbonyl (C=O) groups excluding carboxylic acids is 1. The molecule has 3 aliphatic heterocycles. The van der Waals surface area contributed by atoms with Crippen LogP contribution in [0, 0.1) is 29.9 Å². The second kappa shape index (κ2) is 15.3. The number of rotatable bonds is 10. The van der Waals surface area contributed by atoms with Crippen LogP contribution in [0.2, 0.25) is 0 Å². The Morgan fingerprint density at radius 3 is 2.80 bits per heavy atom. The minimum Gasteiger partial charge on any atom is -0.480 e. The molecule has 1 amide bonds. The number of fused-ring (bicyclic) bond motifs is 3. The van der Waals surface area contributed by atoms with Crippen molar-refractivity contribution in [3.8, 4) is 35.4 Å². The lowest BCUT2D eigenvalue weighted by Crippen LogP contribution is -2.46. The molecule has 3 fully saturated rings. The molecule has 3 aliphatic rings. The van der Waals surface area contributed by atoms with E-state index >= 15 is 8.78 Å². The monoisotopic (exact) mass is 745 g/mol. The highest BCUT2D eigenvalue weighted by Gasteiger charge is 2.49. The normalized spacial score (nSPS) is 21.3. The second-order valence-corrected chi connectivity index (χ2v) is 14.4. The zero-order valence-electron chi connectivity index (χ0n) is 30.1. The van der Waals surface area contributed by atoms with Crippen LogP contribution in [0.15, 0.2) is 30.5 Å². The van der Waals surface area contributed by atoms with Crippen LogP contribution in [0.25, 0.3) is 32.9 Å². The molecule has 2 aromatic carbocycles. The Labute approximate surface area is 310 Å². The lowest BCUT2D eigenvalue weighted by atomic mass is 9.95. The van der Waals surface area contributed by atoms with Gasteiger partial charge < -0.3 is 19.9 Å². The molecule has 0 aliphatic carbocycles. The molecule has 0 saturated carbocycles. The van der Waals surface area contributed by atoms with Crippen LogP contribution in [-0.2, 0) is 4.79 Å². The van der Waals surface area contributed by atoms with Gasteiger partial charge in [-0.15, -0.1) is 6.42 Å². The zero-order valence-corrected chi connectivity index (χ0v) is 30.1. The molecule has 54 heavy (non-hydrogen) atoms. The minimum absolute atomic E-state index is 0.00909. The molecule has 3 N–H and O–H groups in total. The highest BCUT2D eigenvalue weighted by atomic mass is 19.1. The number of amides is 1. The molecular formula is C39H42F3N7O5. The number of anilines is 1. The van der Waals surface area contributed by atoms with Crippen molar-refractivity contribution in [1.29, 1.82) is 0 Å². The highest BCUT2D eigenvalue weighted by Crippen LogP contribution is 2.42. The number of benzene rings is 2. The summed E-state index contributed by atoms with van der Waals surface area (Å²) in [6, 6.07) is 3.96. The molecule has 7 rings (SSSR count). The summed E-state index contributed by atoms with van der Waals surface area (Å²) in [5.74, 6) is -0.638. The molecule has 12 nitrogen and oxygen atoms in total. The molecule has 3 saturated heterocycles. The first-order valence-electron chi connectivity index (χ1n) is 18.4. The molecule has 284 valence electrons. The first-order chi connectivity index (χ1) is 26.0. The lowest BCUT2D eigenvalue weighted by Gasteiger charge is -2.31. The molecule has 0 radical (unpaired) electrons. The van der Waals surface area contributed by atoms with Crippen LogP contribution in [0.3, 0.4) is 0 Å². The van der Waals surface area contributed by atoms with E-state index in [9.17, 15) is 19.1 Å². The first-order valence-corrected chi connectivity index (χ1v) is 18.4. The van der Waals surface area contributed by atoms with Crippen molar-refractivity contribution in [1.82, 2.24) is 30.6 Å². The Hall–Kier alpha value is -5.20. The Morgan fingerprint density at radius 2 is 2.02 bits per heavy atom. The number of aromatic nitrogens is 3. The average molecular weight is 746 g/mol. The zero-order chi connectivity index (χ0) is 38.1. The molecule has 15 heteroatoms. The van der Waals surface area contributed by atoms with Gasteiger partial charge in [0.1, 0.15) is 41.6 Å². The average Bonchev–Trinajstić information content (AvgIpc) is 3.53. The van der Waals surface area contributed by atoms with Crippen LogP contribution in [-0.4, -0.2) is 87.6 Å². The standard InChI is InChI=1S/C39H42F3N7O5/c1-4-22(3)32(36(50)51)46-38(52)54-25-16-23-10-11-29(41)26(5-2)30(23)27(17-25)33-31(42)34-28(19-43-33)35(49-15-8-6-7-13-44-49)47-37(45-34)53-21-39-12-9-14-48(39)20-24(40)18-39/h2,10-11,16-17,19,22,24,32,44H,4,6-9,12-15,18,20-21H2,1,3H3,(H,46,52)(H,50,51)/t22-,24+,32-,39-/m0/s1. The number of hydrogen-bond donors (Lipinski definition) is 3. The predicted octanol–water partition coefficient (Wildman–Crippen LogP) is 6.14. The number of carboxylic acids is 1. The Kier molecular flexibility index (Phi) is 10.5. The van der Waals surface area contributed by atoms with Crippen molar-refractivity contribution >= 4 is 39.6 Å². The van der Waals surface area contributed by atoms with Gasteiger partial charge in [-0.1, -0.05) is 38.7 Å². The van der Waals surface area contributed by atoms with Crippen LogP contribution >= 0.6 is 0 Å². The topological polar surface area (TPSA) is 142 Å². The highest BCUT2D eigenvalue weighted by molar-refractivity contribution is 6.03. The lowest BCUT2D eigenvalue weighted by molar-refractivity contribution is -0.140. The Balaban J connectivity index is 1.34. The van der Waals surface area contributed by atoms with Gasteiger partial charge in [-0.2, -0.15) is 9.97 Å². The SMILES string of the molecule is C#Cc1c(F)ccc2cc(OC(=O)N[C@H](C(=O)O)[C@@H](C)CC)cc(-c3ncc4c(N5CCCCCN5)nc(OC[C@@]56CCCN5C[C@H](F)C6)nc4c3F)c12. The number of hydrazine groups is 1. The van der Waals surface area contributed by atoms with E-state index in [4.69, 9.17) is 20.9 Å². The maximum Gasteiger partial charge on any atom is 0.413 e. The summed E-state index contributed by atoms with van der Waals surface area (Å²) < 4.78 is 58.7. The van der Waals surface area contributed by atoms with Gasteiger partial charge in [0, 0.05) is 43.2 Å². The maximum atomic E-state index is 17.2. The summed E-state index contributed by atoms with van der Waals surface area (Å²) >= 11 is 0. The summed E-state index contributed by atoms with van der Waals surface area (Å²) in [6.45, 7) is 5.96. The number of pyridine rings is 1. The number of terminal acetylenes is 1. The van der Waals surface area contributed by atoms with Crippen molar-refractivity contribution in [3.05, 3.63) is 47.7 Å². The van der Waals surface area contributed by atoms with E-state index in [2.05, 4.69) is 31.5 Å². The molecule has 5 heterocycles. The van der Waals surface area contributed by atoms with E-state index in [0.717, 1.165) is 44.7 Å². The van der Waals surface area contributed by atoms with Crippen LogP contribution in [0.1, 0.15) is 64.4 Å². The molecule has 0 spiro atoms. The second-order valence-electron chi connectivity index (χ2n) is 14.4. The number of aliphatic carboxylic acids is 1.